The average Bonchev–Trinajstić information content (AvgIpc) is 2.36. The summed E-state index contributed by atoms with van der Waals surface area (Å²) in [4.78, 5) is 11.1. The molecule has 0 unspecified atom stereocenters. The molecule has 0 heterocycles. The summed E-state index contributed by atoms with van der Waals surface area (Å²) in [6.07, 6.45) is 0. The SMILES string of the molecule is COC(=O)CNc1ccc(S(=O)(=O)N(C)C)cc1. The fourth-order valence-electron chi connectivity index (χ4n) is 1.20. The number of hydrogen-bond donors (Lipinski definition) is 1. The lowest BCUT2D eigenvalue weighted by molar-refractivity contribution is -0.138. The molecular weight excluding hydrogens is 256 g/mol. The van der Waals surface area contributed by atoms with Gasteiger partial charge in [-0.15, -0.1) is 0 Å². The van der Waals surface area contributed by atoms with Crippen molar-refractivity contribution in [1.82, 2.24) is 4.31 Å². The standard InChI is InChI=1S/C11H16N2O4S/c1-13(2)18(15,16)10-6-4-9(5-7-10)12-8-11(14)17-3/h4-7,12H,8H2,1-3H3. The van der Waals surface area contributed by atoms with Gasteiger partial charge in [0.1, 0.15) is 6.54 Å². The van der Waals surface area contributed by atoms with E-state index in [9.17, 15) is 13.2 Å². The lowest BCUT2D eigenvalue weighted by Gasteiger charge is -2.12. The first-order chi connectivity index (χ1) is 8.37. The molecular formula is C11H16N2O4S. The van der Waals surface area contributed by atoms with Crippen LogP contribution in [0.5, 0.6) is 0 Å². The van der Waals surface area contributed by atoms with Gasteiger partial charge in [-0.1, -0.05) is 0 Å². The van der Waals surface area contributed by atoms with Crippen LogP contribution in [0.2, 0.25) is 0 Å². The van der Waals surface area contributed by atoms with E-state index in [4.69, 9.17) is 0 Å². The quantitative estimate of drug-likeness (QED) is 0.791. The van der Waals surface area contributed by atoms with Gasteiger partial charge < -0.3 is 10.1 Å². The van der Waals surface area contributed by atoms with Gasteiger partial charge in [0.25, 0.3) is 0 Å². The third kappa shape index (κ3) is 3.44. The van der Waals surface area contributed by atoms with Gasteiger partial charge in [-0.05, 0) is 24.3 Å². The van der Waals surface area contributed by atoms with Gasteiger partial charge >= 0.3 is 5.97 Å². The van der Waals surface area contributed by atoms with Crippen LogP contribution in [0, 0.1) is 0 Å². The Morgan fingerprint density at radius 3 is 2.28 bits per heavy atom. The molecule has 0 aliphatic carbocycles. The highest BCUT2D eigenvalue weighted by Crippen LogP contribution is 2.16. The molecule has 100 valence electrons. The van der Waals surface area contributed by atoms with Gasteiger partial charge in [-0.25, -0.2) is 12.7 Å². The van der Waals surface area contributed by atoms with E-state index in [0.29, 0.717) is 5.69 Å². The van der Waals surface area contributed by atoms with E-state index in [1.165, 1.54) is 33.3 Å². The Morgan fingerprint density at radius 2 is 1.83 bits per heavy atom. The summed E-state index contributed by atoms with van der Waals surface area (Å²) in [6.45, 7) is 0.0380. The maximum Gasteiger partial charge on any atom is 0.325 e. The Morgan fingerprint density at radius 1 is 1.28 bits per heavy atom. The van der Waals surface area contributed by atoms with Crippen LogP contribution in [0.4, 0.5) is 5.69 Å². The molecule has 6 nitrogen and oxygen atoms in total. The van der Waals surface area contributed by atoms with Crippen molar-refractivity contribution in [3.05, 3.63) is 24.3 Å². The monoisotopic (exact) mass is 272 g/mol. The maximum atomic E-state index is 11.8. The van der Waals surface area contributed by atoms with Crippen LogP contribution >= 0.6 is 0 Å². The van der Waals surface area contributed by atoms with Crippen molar-refractivity contribution < 1.29 is 17.9 Å². The molecule has 0 saturated heterocycles. The topological polar surface area (TPSA) is 75.7 Å². The number of carbonyl (C=O) groups is 1. The third-order valence-corrected chi connectivity index (χ3v) is 4.13. The minimum Gasteiger partial charge on any atom is -0.468 e. The molecule has 0 atom stereocenters. The smallest absolute Gasteiger partial charge is 0.325 e. The summed E-state index contributed by atoms with van der Waals surface area (Å²) in [7, 11) is 0.829. The molecule has 0 saturated carbocycles. The fraction of sp³-hybridized carbons (Fsp3) is 0.364. The number of ether oxygens (including phenoxy) is 1. The highest BCUT2D eigenvalue weighted by molar-refractivity contribution is 7.89. The lowest BCUT2D eigenvalue weighted by Crippen LogP contribution is -2.22. The van der Waals surface area contributed by atoms with E-state index in [0.717, 1.165) is 4.31 Å². The van der Waals surface area contributed by atoms with E-state index < -0.39 is 10.0 Å². The summed E-state index contributed by atoms with van der Waals surface area (Å²) < 4.78 is 29.2. The Hall–Kier alpha value is -1.60. The zero-order valence-corrected chi connectivity index (χ0v) is 11.3. The van der Waals surface area contributed by atoms with Crippen molar-refractivity contribution in [1.29, 1.82) is 0 Å². The number of rotatable bonds is 5. The molecule has 0 amide bonds. The van der Waals surface area contributed by atoms with Gasteiger partial charge in [0, 0.05) is 19.8 Å². The second-order valence-corrected chi connectivity index (χ2v) is 5.89. The predicted molar refractivity (Wildman–Crippen MR) is 67.8 cm³/mol. The molecule has 0 aliphatic heterocycles. The Kier molecular flexibility index (Phi) is 4.69. The molecule has 0 spiro atoms. The van der Waals surface area contributed by atoms with E-state index in [1.807, 2.05) is 0 Å². The molecule has 18 heavy (non-hydrogen) atoms. The highest BCUT2D eigenvalue weighted by Gasteiger charge is 2.16. The average molecular weight is 272 g/mol. The summed E-state index contributed by atoms with van der Waals surface area (Å²) in [5, 5.41) is 2.82. The van der Waals surface area contributed by atoms with Crippen molar-refractivity contribution >= 4 is 21.7 Å². The van der Waals surface area contributed by atoms with Crippen molar-refractivity contribution in [3.63, 3.8) is 0 Å². The van der Waals surface area contributed by atoms with Gasteiger partial charge in [0.2, 0.25) is 10.0 Å². The largest absolute Gasteiger partial charge is 0.468 e. The number of anilines is 1. The van der Waals surface area contributed by atoms with Crippen LogP contribution in [0.1, 0.15) is 0 Å². The van der Waals surface area contributed by atoms with E-state index in [1.54, 1.807) is 12.1 Å². The minimum absolute atomic E-state index is 0.0380. The number of sulfonamides is 1. The van der Waals surface area contributed by atoms with Crippen molar-refractivity contribution in [3.8, 4) is 0 Å². The molecule has 0 fully saturated rings. The van der Waals surface area contributed by atoms with Crippen molar-refractivity contribution in [2.75, 3.05) is 33.1 Å². The first-order valence-corrected chi connectivity index (χ1v) is 6.65. The van der Waals surface area contributed by atoms with Gasteiger partial charge in [-0.3, -0.25) is 4.79 Å². The van der Waals surface area contributed by atoms with Gasteiger partial charge in [0.05, 0.1) is 12.0 Å². The minimum atomic E-state index is -3.42. The number of benzene rings is 1. The second-order valence-electron chi connectivity index (χ2n) is 3.74. The number of methoxy groups -OCH3 is 1. The number of nitrogens with zero attached hydrogens (tertiary/aromatic N) is 1. The number of nitrogens with one attached hydrogen (secondary N) is 1. The summed E-state index contributed by atoms with van der Waals surface area (Å²) in [6, 6.07) is 6.16. The Labute approximate surface area is 107 Å². The van der Waals surface area contributed by atoms with Gasteiger partial charge in [0.15, 0.2) is 0 Å². The van der Waals surface area contributed by atoms with Crippen LogP contribution in [0.25, 0.3) is 0 Å². The Bertz CT molecular complexity index is 508. The molecule has 1 rings (SSSR count). The molecule has 1 aromatic carbocycles. The highest BCUT2D eigenvalue weighted by atomic mass is 32.2. The van der Waals surface area contributed by atoms with E-state index in [-0.39, 0.29) is 17.4 Å². The molecule has 0 bridgehead atoms. The molecule has 7 heteroatoms. The summed E-state index contributed by atoms with van der Waals surface area (Å²) in [5.74, 6) is -0.389. The third-order valence-electron chi connectivity index (χ3n) is 2.30. The van der Waals surface area contributed by atoms with Crippen LogP contribution in [-0.4, -0.2) is 46.4 Å². The van der Waals surface area contributed by atoms with E-state index in [2.05, 4.69) is 10.1 Å². The maximum absolute atomic E-state index is 11.8. The molecule has 0 aliphatic rings. The second kappa shape index (κ2) is 5.83. The van der Waals surface area contributed by atoms with E-state index >= 15 is 0 Å². The van der Waals surface area contributed by atoms with Crippen LogP contribution in [0.15, 0.2) is 29.2 Å². The number of carbonyl (C=O) groups excluding carboxylic acids is 1. The predicted octanol–water partition coefficient (Wildman–Crippen LogP) is 0.522. The van der Waals surface area contributed by atoms with Crippen molar-refractivity contribution in [2.45, 2.75) is 4.90 Å². The summed E-state index contributed by atoms with van der Waals surface area (Å²) in [5.41, 5.74) is 0.651. The molecule has 1 N–H and O–H groups in total. The first-order valence-electron chi connectivity index (χ1n) is 5.21. The first kappa shape index (κ1) is 14.5. The number of hydrogen-bond acceptors (Lipinski definition) is 5. The van der Waals surface area contributed by atoms with Crippen LogP contribution in [0.3, 0.4) is 0 Å². The summed E-state index contributed by atoms with van der Waals surface area (Å²) >= 11 is 0. The molecule has 1 aromatic rings. The van der Waals surface area contributed by atoms with Crippen molar-refractivity contribution in [2.24, 2.45) is 0 Å². The normalized spacial score (nSPS) is 11.3. The Balaban J connectivity index is 2.78. The lowest BCUT2D eigenvalue weighted by atomic mass is 10.3. The van der Waals surface area contributed by atoms with Crippen LogP contribution < -0.4 is 5.32 Å². The molecule has 0 aromatic heterocycles. The fourth-order valence-corrected chi connectivity index (χ4v) is 2.10. The zero-order valence-electron chi connectivity index (χ0n) is 10.5. The number of esters is 1. The van der Waals surface area contributed by atoms with Gasteiger partial charge in [-0.2, -0.15) is 0 Å². The zero-order chi connectivity index (χ0) is 13.8. The molecule has 0 radical (unpaired) electrons. The van der Waals surface area contributed by atoms with Crippen LogP contribution in [-0.2, 0) is 19.6 Å².